The number of H-pyrrole nitrogens is 1. The average molecular weight is 392 g/mol. The Labute approximate surface area is 165 Å². The van der Waals surface area contributed by atoms with Gasteiger partial charge in [-0.25, -0.2) is 4.98 Å². The first-order chi connectivity index (χ1) is 12.6. The van der Waals surface area contributed by atoms with Crippen molar-refractivity contribution < 1.29 is 9.53 Å². The van der Waals surface area contributed by atoms with Crippen LogP contribution in [-0.2, 0) is 16.9 Å². The predicted molar refractivity (Wildman–Crippen MR) is 103 cm³/mol. The van der Waals surface area contributed by atoms with E-state index in [2.05, 4.69) is 19.9 Å². The summed E-state index contributed by atoms with van der Waals surface area (Å²) in [6, 6.07) is 3.80. The summed E-state index contributed by atoms with van der Waals surface area (Å²) < 4.78 is 6.22. The maximum atomic E-state index is 11.6. The molecule has 1 aliphatic carbocycles. The Kier molecular flexibility index (Phi) is 5.83. The van der Waals surface area contributed by atoms with Crippen LogP contribution in [0.4, 0.5) is 0 Å². The molecule has 3 N–H and O–H groups in total. The summed E-state index contributed by atoms with van der Waals surface area (Å²) in [6.07, 6.45) is 8.71. The molecule has 2 bridgehead atoms. The van der Waals surface area contributed by atoms with E-state index in [1.807, 2.05) is 18.3 Å². The van der Waals surface area contributed by atoms with E-state index in [0.717, 1.165) is 43.7 Å². The number of aromatic nitrogens is 3. The average Bonchev–Trinajstić information content (AvgIpc) is 3.14. The van der Waals surface area contributed by atoms with Crippen molar-refractivity contribution >= 4 is 18.3 Å². The number of nitrogens with one attached hydrogen (secondary N) is 1. The summed E-state index contributed by atoms with van der Waals surface area (Å²) in [4.78, 5) is 25.5. The van der Waals surface area contributed by atoms with Crippen molar-refractivity contribution in [3.63, 3.8) is 0 Å². The molecule has 1 aliphatic heterocycles. The first-order valence-electron chi connectivity index (χ1n) is 9.14. The van der Waals surface area contributed by atoms with Crippen LogP contribution < -0.4 is 5.73 Å². The lowest BCUT2D eigenvalue weighted by atomic mass is 9.62. The fourth-order valence-corrected chi connectivity index (χ4v) is 5.00. The number of hydrogen-bond donors (Lipinski definition) is 2. The molecule has 0 aromatic carbocycles. The topological polar surface area (TPSA) is 97.1 Å². The van der Waals surface area contributed by atoms with Crippen LogP contribution in [0.1, 0.15) is 41.0 Å². The molecule has 2 aromatic heterocycles. The molecule has 8 heteroatoms. The maximum absolute atomic E-state index is 11.6. The fourth-order valence-electron chi connectivity index (χ4n) is 5.00. The molecule has 1 saturated heterocycles. The Morgan fingerprint density at radius 3 is 2.74 bits per heavy atom. The molecule has 2 atom stereocenters. The number of nitrogens with zero attached hydrogens (tertiary/aromatic N) is 3. The van der Waals surface area contributed by atoms with Crippen LogP contribution in [0.15, 0.2) is 30.9 Å². The SMILES string of the molecule is COC1(c2ccnc(C(N)=O)c2)C2CCCC1CN(Cc1cnc[nH]1)C2.Cl. The third-order valence-corrected chi connectivity index (χ3v) is 6.03. The number of hydrogen-bond acceptors (Lipinski definition) is 5. The number of fused-ring (bicyclic) bond motifs is 2. The number of piperidine rings is 1. The van der Waals surface area contributed by atoms with Gasteiger partial charge in [0, 0.05) is 56.7 Å². The second-order valence-electron chi connectivity index (χ2n) is 7.39. The molecule has 146 valence electrons. The van der Waals surface area contributed by atoms with Gasteiger partial charge < -0.3 is 15.5 Å². The van der Waals surface area contributed by atoms with E-state index < -0.39 is 5.91 Å². The molecule has 4 rings (SSSR count). The summed E-state index contributed by atoms with van der Waals surface area (Å²) in [5.74, 6) is 0.233. The van der Waals surface area contributed by atoms with Crippen molar-refractivity contribution in [3.05, 3.63) is 47.8 Å². The standard InChI is InChI=1S/C19H25N5O2.ClH/c1-26-19(13-5-6-22-17(7-13)18(20)25)14-3-2-4-15(19)10-24(9-14)11-16-8-21-12-23-16;/h5-8,12,14-15H,2-4,9-11H2,1H3,(H2,20,25)(H,21,23);1H. The molecule has 2 fully saturated rings. The van der Waals surface area contributed by atoms with Gasteiger partial charge in [0.2, 0.25) is 0 Å². The summed E-state index contributed by atoms with van der Waals surface area (Å²) >= 11 is 0. The predicted octanol–water partition coefficient (Wildman–Crippen LogP) is 2.10. The molecule has 0 spiro atoms. The van der Waals surface area contributed by atoms with Gasteiger partial charge in [0.15, 0.2) is 0 Å². The van der Waals surface area contributed by atoms with E-state index in [9.17, 15) is 4.79 Å². The highest BCUT2D eigenvalue weighted by Crippen LogP contribution is 2.51. The van der Waals surface area contributed by atoms with Gasteiger partial charge in [-0.2, -0.15) is 0 Å². The van der Waals surface area contributed by atoms with E-state index in [4.69, 9.17) is 10.5 Å². The molecule has 2 unspecified atom stereocenters. The van der Waals surface area contributed by atoms with Crippen LogP contribution >= 0.6 is 12.4 Å². The van der Waals surface area contributed by atoms with Crippen LogP contribution in [0.2, 0.25) is 0 Å². The highest BCUT2D eigenvalue weighted by Gasteiger charge is 2.53. The molecule has 2 aliphatic rings. The van der Waals surface area contributed by atoms with Gasteiger partial charge in [0.25, 0.3) is 5.91 Å². The summed E-state index contributed by atoms with van der Waals surface area (Å²) in [5.41, 5.74) is 7.53. The van der Waals surface area contributed by atoms with Gasteiger partial charge in [0.05, 0.1) is 6.33 Å². The molecular formula is C19H26ClN5O2. The van der Waals surface area contributed by atoms with E-state index in [0.29, 0.717) is 17.5 Å². The minimum absolute atomic E-state index is 0. The summed E-state index contributed by atoms with van der Waals surface area (Å²) in [6.45, 7) is 2.78. The number of pyridine rings is 1. The molecule has 1 amide bonds. The normalized spacial score (nSPS) is 27.7. The highest BCUT2D eigenvalue weighted by atomic mass is 35.5. The monoisotopic (exact) mass is 391 g/mol. The van der Waals surface area contributed by atoms with Crippen LogP contribution in [-0.4, -0.2) is 46.0 Å². The maximum Gasteiger partial charge on any atom is 0.267 e. The number of ether oxygens (including phenoxy) is 1. The van der Waals surface area contributed by atoms with Crippen LogP contribution in [0.25, 0.3) is 0 Å². The van der Waals surface area contributed by atoms with Crippen molar-refractivity contribution in [1.29, 1.82) is 0 Å². The number of nitrogens with two attached hydrogens (primary N) is 1. The van der Waals surface area contributed by atoms with Crippen LogP contribution in [0.5, 0.6) is 0 Å². The number of amides is 1. The van der Waals surface area contributed by atoms with Crippen molar-refractivity contribution in [2.45, 2.75) is 31.4 Å². The van der Waals surface area contributed by atoms with Gasteiger partial charge >= 0.3 is 0 Å². The van der Waals surface area contributed by atoms with Gasteiger partial charge in [-0.3, -0.25) is 14.7 Å². The zero-order chi connectivity index (χ0) is 18.1. The van der Waals surface area contributed by atoms with Crippen LogP contribution in [0.3, 0.4) is 0 Å². The Bertz CT molecular complexity index is 768. The Hall–Kier alpha value is -1.96. The lowest BCUT2D eigenvalue weighted by molar-refractivity contribution is -0.170. The van der Waals surface area contributed by atoms with E-state index in [-0.39, 0.29) is 18.0 Å². The number of aromatic amines is 1. The third-order valence-electron chi connectivity index (χ3n) is 6.03. The van der Waals surface area contributed by atoms with Gasteiger partial charge in [-0.05, 0) is 30.5 Å². The quantitative estimate of drug-likeness (QED) is 0.813. The fraction of sp³-hybridized carbons (Fsp3) is 0.526. The smallest absolute Gasteiger partial charge is 0.267 e. The van der Waals surface area contributed by atoms with Crippen molar-refractivity contribution in [2.75, 3.05) is 20.2 Å². The first kappa shape index (κ1) is 19.8. The molecule has 3 heterocycles. The molecule has 7 nitrogen and oxygen atoms in total. The van der Waals surface area contributed by atoms with E-state index in [1.54, 1.807) is 19.6 Å². The minimum atomic E-state index is -0.500. The number of halogens is 1. The van der Waals surface area contributed by atoms with Gasteiger partial charge in [0.1, 0.15) is 11.3 Å². The highest BCUT2D eigenvalue weighted by molar-refractivity contribution is 5.90. The number of carbonyl (C=O) groups is 1. The van der Waals surface area contributed by atoms with Crippen molar-refractivity contribution in [3.8, 4) is 0 Å². The van der Waals surface area contributed by atoms with E-state index in [1.165, 1.54) is 6.42 Å². The molecule has 27 heavy (non-hydrogen) atoms. The summed E-state index contributed by atoms with van der Waals surface area (Å²) in [7, 11) is 1.79. The second kappa shape index (κ2) is 7.96. The number of rotatable bonds is 5. The summed E-state index contributed by atoms with van der Waals surface area (Å²) in [5, 5.41) is 0. The number of likely N-dealkylation sites (tertiary alicyclic amines) is 1. The lowest BCUT2D eigenvalue weighted by Gasteiger charge is -2.55. The molecule has 1 saturated carbocycles. The third kappa shape index (κ3) is 3.47. The Morgan fingerprint density at radius 2 is 2.15 bits per heavy atom. The van der Waals surface area contributed by atoms with Crippen molar-refractivity contribution in [1.82, 2.24) is 19.9 Å². The lowest BCUT2D eigenvalue weighted by Crippen LogP contribution is -2.58. The number of primary amides is 1. The van der Waals surface area contributed by atoms with Gasteiger partial charge in [-0.15, -0.1) is 12.4 Å². The molecule has 2 aromatic rings. The molecule has 0 radical (unpaired) electrons. The van der Waals surface area contributed by atoms with Crippen LogP contribution in [0, 0.1) is 11.8 Å². The number of carbonyl (C=O) groups excluding carboxylic acids is 1. The second-order valence-corrected chi connectivity index (χ2v) is 7.39. The zero-order valence-corrected chi connectivity index (χ0v) is 16.2. The molecular weight excluding hydrogens is 366 g/mol. The largest absolute Gasteiger partial charge is 0.373 e. The Morgan fingerprint density at radius 1 is 1.41 bits per heavy atom. The zero-order valence-electron chi connectivity index (χ0n) is 15.4. The van der Waals surface area contributed by atoms with Crippen molar-refractivity contribution in [2.24, 2.45) is 17.6 Å². The number of imidazole rings is 1. The Balaban J connectivity index is 0.00000210. The minimum Gasteiger partial charge on any atom is -0.373 e. The van der Waals surface area contributed by atoms with Gasteiger partial charge in [-0.1, -0.05) is 6.42 Å². The van der Waals surface area contributed by atoms with E-state index >= 15 is 0 Å². The number of methoxy groups -OCH3 is 1. The first-order valence-corrected chi connectivity index (χ1v) is 9.14.